The Morgan fingerprint density at radius 2 is 2.33 bits per heavy atom. The molecule has 0 spiro atoms. The molecule has 0 radical (unpaired) electrons. The van der Waals surface area contributed by atoms with Crippen LogP contribution in [0.5, 0.6) is 0 Å². The van der Waals surface area contributed by atoms with E-state index in [1.807, 2.05) is 12.1 Å². The topological polar surface area (TPSA) is 59.1 Å². The maximum absolute atomic E-state index is 9.93. The summed E-state index contributed by atoms with van der Waals surface area (Å²) in [4.78, 5) is 3.96. The molecule has 0 aromatic carbocycles. The highest BCUT2D eigenvalue weighted by molar-refractivity contribution is 5.22. The van der Waals surface area contributed by atoms with E-state index in [1.165, 1.54) is 0 Å². The maximum Gasteiger partial charge on any atom is 0.0940 e. The summed E-state index contributed by atoms with van der Waals surface area (Å²) < 4.78 is 0. The molecule has 0 saturated heterocycles. The van der Waals surface area contributed by atoms with E-state index in [4.69, 9.17) is 5.73 Å². The fraction of sp³-hybridized carbons (Fsp3) is 0.444. The summed E-state index contributed by atoms with van der Waals surface area (Å²) in [6, 6.07) is 3.87. The molecule has 2 rings (SSSR count). The Bertz CT molecular complexity index is 267. The van der Waals surface area contributed by atoms with Gasteiger partial charge in [-0.25, -0.2) is 0 Å². The van der Waals surface area contributed by atoms with Crippen molar-refractivity contribution in [3.8, 4) is 0 Å². The van der Waals surface area contributed by atoms with E-state index >= 15 is 0 Å². The summed E-state index contributed by atoms with van der Waals surface area (Å²) in [6.45, 7) is 0. The van der Waals surface area contributed by atoms with Crippen LogP contribution in [0.25, 0.3) is 0 Å². The van der Waals surface area contributed by atoms with Crippen molar-refractivity contribution in [1.29, 1.82) is 0 Å². The number of hydrogen-bond acceptors (Lipinski definition) is 3. The third kappa shape index (κ3) is 1.11. The Labute approximate surface area is 71.2 Å². The first-order valence-corrected chi connectivity index (χ1v) is 4.09. The van der Waals surface area contributed by atoms with E-state index in [-0.39, 0.29) is 6.04 Å². The molecule has 3 heteroatoms. The van der Waals surface area contributed by atoms with Gasteiger partial charge < -0.3 is 10.8 Å². The summed E-state index contributed by atoms with van der Waals surface area (Å²) in [5, 5.41) is 9.93. The molecule has 1 aliphatic rings. The zero-order valence-corrected chi connectivity index (χ0v) is 6.77. The Kier molecular flexibility index (Phi) is 1.63. The minimum atomic E-state index is -0.701. The standard InChI is InChI=1S/C9H12N2O/c10-8-4-9(12,5-8)7-2-1-3-11-6-7/h1-3,6,8,12H,4-5,10H2. The Morgan fingerprint density at radius 3 is 2.83 bits per heavy atom. The normalized spacial score (nSPS) is 34.3. The Balaban J connectivity index is 2.21. The lowest BCUT2D eigenvalue weighted by atomic mass is 9.72. The van der Waals surface area contributed by atoms with Crippen LogP contribution >= 0.6 is 0 Å². The Hall–Kier alpha value is -0.930. The molecule has 0 aliphatic heterocycles. The zero-order chi connectivity index (χ0) is 8.60. The quantitative estimate of drug-likeness (QED) is 0.631. The maximum atomic E-state index is 9.93. The van der Waals surface area contributed by atoms with Gasteiger partial charge in [0.05, 0.1) is 5.60 Å². The van der Waals surface area contributed by atoms with Crippen LogP contribution in [0.3, 0.4) is 0 Å². The molecule has 64 valence electrons. The molecular weight excluding hydrogens is 152 g/mol. The van der Waals surface area contributed by atoms with Crippen molar-refractivity contribution in [2.45, 2.75) is 24.5 Å². The van der Waals surface area contributed by atoms with Crippen LogP contribution in [0.1, 0.15) is 18.4 Å². The third-order valence-electron chi connectivity index (χ3n) is 2.40. The molecule has 3 N–H and O–H groups in total. The van der Waals surface area contributed by atoms with Crippen LogP contribution < -0.4 is 5.73 Å². The second kappa shape index (κ2) is 2.54. The van der Waals surface area contributed by atoms with Crippen molar-refractivity contribution in [3.05, 3.63) is 30.1 Å². The number of aromatic nitrogens is 1. The number of pyridine rings is 1. The molecule has 0 bridgehead atoms. The van der Waals surface area contributed by atoms with E-state index in [1.54, 1.807) is 12.4 Å². The SMILES string of the molecule is NC1CC(O)(c2cccnc2)C1. The van der Waals surface area contributed by atoms with Gasteiger partial charge in [0.15, 0.2) is 0 Å². The molecule has 1 aliphatic carbocycles. The second-order valence-electron chi connectivity index (χ2n) is 3.44. The summed E-state index contributed by atoms with van der Waals surface area (Å²) in [5.74, 6) is 0. The molecule has 0 atom stereocenters. The molecule has 0 unspecified atom stereocenters. The van der Waals surface area contributed by atoms with E-state index in [9.17, 15) is 5.11 Å². The van der Waals surface area contributed by atoms with Gasteiger partial charge in [0.25, 0.3) is 0 Å². The Morgan fingerprint density at radius 1 is 1.58 bits per heavy atom. The van der Waals surface area contributed by atoms with E-state index in [0.717, 1.165) is 5.56 Å². The van der Waals surface area contributed by atoms with E-state index in [0.29, 0.717) is 12.8 Å². The molecule has 1 aromatic rings. The van der Waals surface area contributed by atoms with Gasteiger partial charge in [-0.1, -0.05) is 6.07 Å². The summed E-state index contributed by atoms with van der Waals surface area (Å²) in [7, 11) is 0. The summed E-state index contributed by atoms with van der Waals surface area (Å²) >= 11 is 0. The number of nitrogens with two attached hydrogens (primary N) is 1. The van der Waals surface area contributed by atoms with Crippen molar-refractivity contribution in [2.75, 3.05) is 0 Å². The third-order valence-corrected chi connectivity index (χ3v) is 2.40. The van der Waals surface area contributed by atoms with Gasteiger partial charge in [-0.2, -0.15) is 0 Å². The number of aliphatic hydroxyl groups is 1. The predicted molar refractivity (Wildman–Crippen MR) is 45.3 cm³/mol. The highest BCUT2D eigenvalue weighted by atomic mass is 16.3. The van der Waals surface area contributed by atoms with Gasteiger partial charge in [0.2, 0.25) is 0 Å². The van der Waals surface area contributed by atoms with Crippen LogP contribution in [0.2, 0.25) is 0 Å². The lowest BCUT2D eigenvalue weighted by Gasteiger charge is -2.41. The van der Waals surface area contributed by atoms with Crippen LogP contribution in [-0.2, 0) is 5.60 Å². The van der Waals surface area contributed by atoms with Gasteiger partial charge in [-0.15, -0.1) is 0 Å². The highest BCUT2D eigenvalue weighted by Crippen LogP contribution is 2.39. The number of rotatable bonds is 1. The zero-order valence-electron chi connectivity index (χ0n) is 6.77. The average Bonchev–Trinajstić information content (AvgIpc) is 2.04. The minimum absolute atomic E-state index is 0.148. The largest absolute Gasteiger partial charge is 0.385 e. The predicted octanol–water partition coefficient (Wildman–Crippen LogP) is 0.390. The first kappa shape index (κ1) is 7.71. The lowest BCUT2D eigenvalue weighted by molar-refractivity contribution is -0.0525. The van der Waals surface area contributed by atoms with Crippen molar-refractivity contribution >= 4 is 0 Å². The van der Waals surface area contributed by atoms with Gasteiger partial charge in [-0.05, 0) is 18.9 Å². The average molecular weight is 164 g/mol. The second-order valence-corrected chi connectivity index (χ2v) is 3.44. The van der Waals surface area contributed by atoms with Crippen LogP contribution in [0.4, 0.5) is 0 Å². The minimum Gasteiger partial charge on any atom is -0.385 e. The van der Waals surface area contributed by atoms with Crippen molar-refractivity contribution in [3.63, 3.8) is 0 Å². The lowest BCUT2D eigenvalue weighted by Crippen LogP contribution is -2.49. The molecule has 12 heavy (non-hydrogen) atoms. The fourth-order valence-corrected chi connectivity index (χ4v) is 1.68. The molecule has 1 heterocycles. The highest BCUT2D eigenvalue weighted by Gasteiger charge is 2.42. The van der Waals surface area contributed by atoms with Crippen LogP contribution in [0.15, 0.2) is 24.5 Å². The first-order valence-electron chi connectivity index (χ1n) is 4.09. The van der Waals surface area contributed by atoms with Gasteiger partial charge >= 0.3 is 0 Å². The van der Waals surface area contributed by atoms with Crippen molar-refractivity contribution in [2.24, 2.45) is 5.73 Å². The smallest absolute Gasteiger partial charge is 0.0940 e. The van der Waals surface area contributed by atoms with Gasteiger partial charge in [0.1, 0.15) is 0 Å². The monoisotopic (exact) mass is 164 g/mol. The molecular formula is C9H12N2O. The van der Waals surface area contributed by atoms with Gasteiger partial charge in [-0.3, -0.25) is 4.98 Å². The van der Waals surface area contributed by atoms with E-state index in [2.05, 4.69) is 4.98 Å². The first-order chi connectivity index (χ1) is 5.71. The van der Waals surface area contributed by atoms with Crippen LogP contribution in [0, 0.1) is 0 Å². The van der Waals surface area contributed by atoms with Crippen molar-refractivity contribution in [1.82, 2.24) is 4.98 Å². The van der Waals surface area contributed by atoms with E-state index < -0.39 is 5.60 Å². The number of nitrogens with zero attached hydrogens (tertiary/aromatic N) is 1. The number of hydrogen-bond donors (Lipinski definition) is 2. The molecule has 1 saturated carbocycles. The van der Waals surface area contributed by atoms with Crippen LogP contribution in [-0.4, -0.2) is 16.1 Å². The van der Waals surface area contributed by atoms with Crippen molar-refractivity contribution < 1.29 is 5.11 Å². The molecule has 3 nitrogen and oxygen atoms in total. The molecule has 1 fully saturated rings. The summed E-state index contributed by atoms with van der Waals surface area (Å²) in [5.41, 5.74) is 5.79. The molecule has 0 amide bonds. The summed E-state index contributed by atoms with van der Waals surface area (Å²) in [6.07, 6.45) is 4.70. The molecule has 1 aromatic heterocycles. The fourth-order valence-electron chi connectivity index (χ4n) is 1.68. The van der Waals surface area contributed by atoms with Gasteiger partial charge in [0, 0.05) is 24.0 Å².